The predicted octanol–water partition coefficient (Wildman–Crippen LogP) is 2.16. The van der Waals surface area contributed by atoms with Crippen LogP contribution in [0.2, 0.25) is 0 Å². The van der Waals surface area contributed by atoms with Crippen molar-refractivity contribution in [3.05, 3.63) is 29.6 Å². The molecule has 1 rings (SSSR count). The maximum atomic E-state index is 13.1. The van der Waals surface area contributed by atoms with Gasteiger partial charge in [0.15, 0.2) is 0 Å². The van der Waals surface area contributed by atoms with Crippen LogP contribution in [0.3, 0.4) is 0 Å². The van der Waals surface area contributed by atoms with Gasteiger partial charge in [0.25, 0.3) is 0 Å². The van der Waals surface area contributed by atoms with Crippen LogP contribution in [-0.2, 0) is 9.59 Å². The smallest absolute Gasteiger partial charge is 0.320 e. The number of nitrogens with one attached hydrogen (secondary N) is 2. The van der Waals surface area contributed by atoms with E-state index in [1.54, 1.807) is 13.0 Å². The Kier molecular flexibility index (Phi) is 6.30. The molecule has 0 heterocycles. The van der Waals surface area contributed by atoms with Gasteiger partial charge in [-0.25, -0.2) is 4.39 Å². The molecule has 0 saturated heterocycles. The van der Waals surface area contributed by atoms with E-state index in [1.165, 1.54) is 12.1 Å². The number of aliphatic carboxylic acids is 1. The summed E-state index contributed by atoms with van der Waals surface area (Å²) in [6.45, 7) is 5.43. The first-order valence-corrected chi connectivity index (χ1v) is 6.81. The quantitative estimate of drug-likeness (QED) is 0.720. The van der Waals surface area contributed by atoms with E-state index >= 15 is 0 Å². The predicted molar refractivity (Wildman–Crippen MR) is 78.6 cm³/mol. The molecule has 21 heavy (non-hydrogen) atoms. The summed E-state index contributed by atoms with van der Waals surface area (Å²) in [5, 5.41) is 14.3. The standard InChI is InChI=1S/C15H21FN2O3/c1-9(2)6-13(15(20)21)17-8-14(19)18-12-7-11(16)5-4-10(12)3/h4-5,7,9,13,17H,6,8H2,1-3H3,(H,18,19)(H,20,21). The lowest BCUT2D eigenvalue weighted by Gasteiger charge is -2.16. The summed E-state index contributed by atoms with van der Waals surface area (Å²) in [5.41, 5.74) is 1.12. The number of hydrogen-bond donors (Lipinski definition) is 3. The van der Waals surface area contributed by atoms with Crippen molar-refractivity contribution in [2.45, 2.75) is 33.2 Å². The molecule has 1 atom stereocenters. The van der Waals surface area contributed by atoms with Gasteiger partial charge in [-0.1, -0.05) is 19.9 Å². The molecular weight excluding hydrogens is 275 g/mol. The lowest BCUT2D eigenvalue weighted by Crippen LogP contribution is -2.42. The van der Waals surface area contributed by atoms with Crippen molar-refractivity contribution in [2.24, 2.45) is 5.92 Å². The maximum absolute atomic E-state index is 13.1. The van der Waals surface area contributed by atoms with Gasteiger partial charge < -0.3 is 10.4 Å². The largest absolute Gasteiger partial charge is 0.480 e. The molecule has 0 saturated carbocycles. The van der Waals surface area contributed by atoms with Crippen LogP contribution in [0.25, 0.3) is 0 Å². The molecule has 116 valence electrons. The molecule has 0 aliphatic rings. The van der Waals surface area contributed by atoms with Crippen LogP contribution >= 0.6 is 0 Å². The Morgan fingerprint density at radius 3 is 2.57 bits per heavy atom. The summed E-state index contributed by atoms with van der Waals surface area (Å²) in [6.07, 6.45) is 0.432. The molecule has 1 unspecified atom stereocenters. The third-order valence-corrected chi connectivity index (χ3v) is 2.99. The van der Waals surface area contributed by atoms with Gasteiger partial charge in [0.05, 0.1) is 6.54 Å². The number of halogens is 1. The summed E-state index contributed by atoms with van der Waals surface area (Å²) in [7, 11) is 0. The fraction of sp³-hybridized carbons (Fsp3) is 0.467. The summed E-state index contributed by atoms with van der Waals surface area (Å²) < 4.78 is 13.1. The van der Waals surface area contributed by atoms with E-state index < -0.39 is 23.7 Å². The van der Waals surface area contributed by atoms with Crippen LogP contribution < -0.4 is 10.6 Å². The summed E-state index contributed by atoms with van der Waals surface area (Å²) >= 11 is 0. The van der Waals surface area contributed by atoms with Crippen molar-refractivity contribution in [3.8, 4) is 0 Å². The number of rotatable bonds is 7. The molecule has 1 amide bonds. The highest BCUT2D eigenvalue weighted by Gasteiger charge is 2.19. The van der Waals surface area contributed by atoms with Gasteiger partial charge in [-0.2, -0.15) is 0 Å². The van der Waals surface area contributed by atoms with E-state index in [1.807, 2.05) is 13.8 Å². The lowest BCUT2D eigenvalue weighted by molar-refractivity contribution is -0.139. The van der Waals surface area contributed by atoms with E-state index in [0.717, 1.165) is 5.56 Å². The van der Waals surface area contributed by atoms with Gasteiger partial charge in [0, 0.05) is 5.69 Å². The van der Waals surface area contributed by atoms with Gasteiger partial charge >= 0.3 is 5.97 Å². The molecule has 0 fully saturated rings. The molecule has 6 heteroatoms. The first-order valence-electron chi connectivity index (χ1n) is 6.81. The monoisotopic (exact) mass is 296 g/mol. The molecule has 0 aromatic heterocycles. The number of carbonyl (C=O) groups excluding carboxylic acids is 1. The van der Waals surface area contributed by atoms with Gasteiger partial charge in [0.2, 0.25) is 5.91 Å². The first-order chi connectivity index (χ1) is 9.79. The molecule has 0 radical (unpaired) electrons. The Balaban J connectivity index is 2.57. The average molecular weight is 296 g/mol. The summed E-state index contributed by atoms with van der Waals surface area (Å²) in [6, 6.07) is 3.34. The zero-order chi connectivity index (χ0) is 16.0. The average Bonchev–Trinajstić information content (AvgIpc) is 2.38. The molecule has 1 aromatic rings. The van der Waals surface area contributed by atoms with Crippen LogP contribution in [0.5, 0.6) is 0 Å². The van der Waals surface area contributed by atoms with Crippen LogP contribution in [-0.4, -0.2) is 29.6 Å². The SMILES string of the molecule is Cc1ccc(F)cc1NC(=O)CNC(CC(C)C)C(=O)O. The second-order valence-corrected chi connectivity index (χ2v) is 5.41. The summed E-state index contributed by atoms with van der Waals surface area (Å²) in [4.78, 5) is 22.9. The number of anilines is 1. The molecule has 0 aliphatic heterocycles. The highest BCUT2D eigenvalue weighted by Crippen LogP contribution is 2.15. The van der Waals surface area contributed by atoms with Crippen molar-refractivity contribution in [2.75, 3.05) is 11.9 Å². The second kappa shape index (κ2) is 7.73. The van der Waals surface area contributed by atoms with Crippen LogP contribution in [0.4, 0.5) is 10.1 Å². The van der Waals surface area contributed by atoms with Gasteiger partial charge in [-0.15, -0.1) is 0 Å². The molecule has 3 N–H and O–H groups in total. The fourth-order valence-corrected chi connectivity index (χ4v) is 1.88. The number of hydrogen-bond acceptors (Lipinski definition) is 3. The molecule has 5 nitrogen and oxygen atoms in total. The van der Waals surface area contributed by atoms with E-state index in [9.17, 15) is 14.0 Å². The molecule has 1 aromatic carbocycles. The highest BCUT2D eigenvalue weighted by atomic mass is 19.1. The van der Waals surface area contributed by atoms with Crippen molar-refractivity contribution < 1.29 is 19.1 Å². The zero-order valence-corrected chi connectivity index (χ0v) is 12.4. The van der Waals surface area contributed by atoms with Crippen LogP contribution in [0.1, 0.15) is 25.8 Å². The molecule has 0 bridgehead atoms. The van der Waals surface area contributed by atoms with E-state index in [0.29, 0.717) is 12.1 Å². The Hall–Kier alpha value is -1.95. The minimum atomic E-state index is -0.988. The van der Waals surface area contributed by atoms with Crippen LogP contribution in [0, 0.1) is 18.7 Å². The normalized spacial score (nSPS) is 12.2. The number of aryl methyl sites for hydroxylation is 1. The Morgan fingerprint density at radius 2 is 2.00 bits per heavy atom. The highest BCUT2D eigenvalue weighted by molar-refractivity contribution is 5.93. The Bertz CT molecular complexity index is 518. The number of benzene rings is 1. The zero-order valence-electron chi connectivity index (χ0n) is 12.4. The van der Waals surface area contributed by atoms with E-state index in [2.05, 4.69) is 10.6 Å². The number of carbonyl (C=O) groups is 2. The number of carboxylic acids is 1. The first kappa shape index (κ1) is 17.1. The third kappa shape index (κ3) is 5.91. The third-order valence-electron chi connectivity index (χ3n) is 2.99. The fourth-order valence-electron chi connectivity index (χ4n) is 1.88. The Morgan fingerprint density at radius 1 is 1.33 bits per heavy atom. The van der Waals surface area contributed by atoms with Gasteiger partial charge in [-0.05, 0) is 37.0 Å². The van der Waals surface area contributed by atoms with E-state index in [4.69, 9.17) is 5.11 Å². The minimum absolute atomic E-state index is 0.139. The molecular formula is C15H21FN2O3. The van der Waals surface area contributed by atoms with Crippen molar-refractivity contribution in [1.82, 2.24) is 5.32 Å². The van der Waals surface area contributed by atoms with Gasteiger partial charge in [-0.3, -0.25) is 14.9 Å². The minimum Gasteiger partial charge on any atom is -0.480 e. The topological polar surface area (TPSA) is 78.4 Å². The van der Waals surface area contributed by atoms with Crippen molar-refractivity contribution in [3.63, 3.8) is 0 Å². The number of amides is 1. The molecule has 0 spiro atoms. The number of carboxylic acid groups (broad SMARTS) is 1. The second-order valence-electron chi connectivity index (χ2n) is 5.41. The van der Waals surface area contributed by atoms with Crippen molar-refractivity contribution >= 4 is 17.6 Å². The van der Waals surface area contributed by atoms with Crippen molar-refractivity contribution in [1.29, 1.82) is 0 Å². The molecule has 0 aliphatic carbocycles. The lowest BCUT2D eigenvalue weighted by atomic mass is 10.0. The maximum Gasteiger partial charge on any atom is 0.320 e. The van der Waals surface area contributed by atoms with E-state index in [-0.39, 0.29) is 12.5 Å². The Labute approximate surface area is 123 Å². The van der Waals surface area contributed by atoms with Gasteiger partial charge in [0.1, 0.15) is 11.9 Å². The summed E-state index contributed by atoms with van der Waals surface area (Å²) in [5.74, 6) is -1.63. The van der Waals surface area contributed by atoms with Crippen LogP contribution in [0.15, 0.2) is 18.2 Å².